The van der Waals surface area contributed by atoms with Crippen LogP contribution in [0.15, 0.2) is 47.7 Å². The highest BCUT2D eigenvalue weighted by atomic mass is 16.3. The van der Waals surface area contributed by atoms with Crippen LogP contribution < -0.4 is 10.9 Å². The fourth-order valence-electron chi connectivity index (χ4n) is 2.01. The van der Waals surface area contributed by atoms with Crippen LogP contribution in [0.1, 0.15) is 22.2 Å². The number of carbonyl (C=O) groups excluding carboxylic acids is 1. The number of aliphatic hydroxyl groups is 1. The maximum absolute atomic E-state index is 12.1. The zero-order valence-electron chi connectivity index (χ0n) is 11.4. The van der Waals surface area contributed by atoms with Crippen LogP contribution in [-0.4, -0.2) is 37.1 Å². The highest BCUT2D eigenvalue weighted by Gasteiger charge is 2.12. The number of fused-ring (bicyclic) bond motifs is 1. The van der Waals surface area contributed by atoms with Crippen LogP contribution in [0.25, 0.3) is 5.65 Å². The monoisotopic (exact) mass is 299 g/mol. The summed E-state index contributed by atoms with van der Waals surface area (Å²) in [6.07, 6.45) is 1.95. The Bertz CT molecular complexity index is 870. The van der Waals surface area contributed by atoms with Crippen LogP contribution in [0.4, 0.5) is 0 Å². The number of nitrogens with zero attached hydrogens (tertiary/aromatic N) is 3. The lowest BCUT2D eigenvalue weighted by atomic mass is 10.2. The van der Waals surface area contributed by atoms with Crippen LogP contribution >= 0.6 is 0 Å². The molecule has 0 aliphatic heterocycles. The van der Waals surface area contributed by atoms with Crippen LogP contribution in [0.3, 0.4) is 0 Å². The summed E-state index contributed by atoms with van der Waals surface area (Å²) in [5, 5.41) is 16.5. The summed E-state index contributed by atoms with van der Waals surface area (Å²) < 4.78 is 1.49. The van der Waals surface area contributed by atoms with Gasteiger partial charge in [0.25, 0.3) is 5.91 Å². The lowest BCUT2D eigenvalue weighted by Gasteiger charge is -2.11. The smallest absolute Gasteiger partial charge is 0.252 e. The van der Waals surface area contributed by atoms with Crippen LogP contribution in [-0.2, 0) is 0 Å². The minimum absolute atomic E-state index is 0.0197. The van der Waals surface area contributed by atoms with Gasteiger partial charge in [-0.05, 0) is 18.2 Å². The molecule has 0 saturated heterocycles. The average Bonchev–Trinajstić information content (AvgIpc) is 2.99. The van der Waals surface area contributed by atoms with Crippen molar-refractivity contribution in [3.05, 3.63) is 64.5 Å². The second-order valence-corrected chi connectivity index (χ2v) is 4.68. The van der Waals surface area contributed by atoms with Gasteiger partial charge in [-0.1, -0.05) is 6.07 Å². The minimum atomic E-state index is -0.993. The fourth-order valence-corrected chi connectivity index (χ4v) is 2.01. The Labute approximate surface area is 124 Å². The molecule has 0 aliphatic rings. The number of aromatic amines is 1. The second kappa shape index (κ2) is 5.78. The molecule has 0 aliphatic carbocycles. The normalized spacial score (nSPS) is 12.2. The number of rotatable bonds is 4. The number of aliphatic hydroxyl groups excluding tert-OH is 1. The predicted molar refractivity (Wildman–Crippen MR) is 77.3 cm³/mol. The number of hydrogen-bond acceptors (Lipinski definition) is 5. The molecule has 0 aromatic carbocycles. The summed E-state index contributed by atoms with van der Waals surface area (Å²) in [6.45, 7) is -0.0197. The van der Waals surface area contributed by atoms with Gasteiger partial charge in [-0.25, -0.2) is 9.50 Å². The summed E-state index contributed by atoms with van der Waals surface area (Å²) in [5.74, 6) is -0.352. The maximum Gasteiger partial charge on any atom is 0.252 e. The second-order valence-electron chi connectivity index (χ2n) is 4.68. The maximum atomic E-state index is 12.1. The van der Waals surface area contributed by atoms with Gasteiger partial charge >= 0.3 is 0 Å². The van der Waals surface area contributed by atoms with E-state index in [1.54, 1.807) is 24.4 Å². The molecule has 1 unspecified atom stereocenters. The Hall–Kier alpha value is -3.00. The van der Waals surface area contributed by atoms with Crippen molar-refractivity contribution in [3.63, 3.8) is 0 Å². The molecule has 0 radical (unpaired) electrons. The van der Waals surface area contributed by atoms with E-state index in [1.807, 2.05) is 0 Å². The zero-order chi connectivity index (χ0) is 15.5. The van der Waals surface area contributed by atoms with Crippen molar-refractivity contribution in [2.24, 2.45) is 0 Å². The van der Waals surface area contributed by atoms with E-state index in [0.29, 0.717) is 16.9 Å². The summed E-state index contributed by atoms with van der Waals surface area (Å²) in [7, 11) is 0. The van der Waals surface area contributed by atoms with E-state index in [1.165, 1.54) is 23.0 Å². The summed E-state index contributed by atoms with van der Waals surface area (Å²) >= 11 is 0. The number of H-pyrrole nitrogens is 1. The van der Waals surface area contributed by atoms with Gasteiger partial charge < -0.3 is 15.4 Å². The SMILES string of the molecule is O=C(NCC(O)c1cccc(=O)[nH]1)c1ccc2ncnn2c1. The van der Waals surface area contributed by atoms with E-state index >= 15 is 0 Å². The molecule has 1 atom stereocenters. The van der Waals surface area contributed by atoms with E-state index in [4.69, 9.17) is 0 Å². The largest absolute Gasteiger partial charge is 0.385 e. The molecule has 3 rings (SSSR count). The van der Waals surface area contributed by atoms with Gasteiger partial charge in [0.15, 0.2) is 5.65 Å². The third-order valence-electron chi connectivity index (χ3n) is 3.14. The Morgan fingerprint density at radius 2 is 2.23 bits per heavy atom. The first-order chi connectivity index (χ1) is 10.6. The Balaban J connectivity index is 1.67. The summed E-state index contributed by atoms with van der Waals surface area (Å²) in [6, 6.07) is 7.77. The van der Waals surface area contributed by atoms with Gasteiger partial charge in [0, 0.05) is 24.5 Å². The molecule has 1 amide bonds. The standard InChI is InChI=1S/C14H13N5O3/c20-11(10-2-1-3-13(21)18-10)6-15-14(22)9-4-5-12-16-8-17-19(12)7-9/h1-5,7-8,11,20H,6H2,(H,15,22)(H,18,21). The van der Waals surface area contributed by atoms with Gasteiger partial charge in [0.2, 0.25) is 5.56 Å². The van der Waals surface area contributed by atoms with E-state index < -0.39 is 6.10 Å². The molecule has 3 N–H and O–H groups in total. The highest BCUT2D eigenvalue weighted by Crippen LogP contribution is 2.07. The third-order valence-corrected chi connectivity index (χ3v) is 3.14. The fraction of sp³-hybridized carbons (Fsp3) is 0.143. The molecule has 0 spiro atoms. The molecule has 3 heterocycles. The molecular formula is C14H13N5O3. The van der Waals surface area contributed by atoms with Crippen molar-refractivity contribution in [3.8, 4) is 0 Å². The molecular weight excluding hydrogens is 286 g/mol. The third kappa shape index (κ3) is 2.86. The van der Waals surface area contributed by atoms with Crippen molar-refractivity contribution in [1.29, 1.82) is 0 Å². The quantitative estimate of drug-likeness (QED) is 0.622. The van der Waals surface area contributed by atoms with Crippen LogP contribution in [0.2, 0.25) is 0 Å². The van der Waals surface area contributed by atoms with E-state index in [0.717, 1.165) is 0 Å². The number of pyridine rings is 2. The molecule has 0 fully saturated rings. The number of aromatic nitrogens is 4. The van der Waals surface area contributed by atoms with Gasteiger partial charge in [-0.3, -0.25) is 9.59 Å². The van der Waals surface area contributed by atoms with Crippen molar-refractivity contribution >= 4 is 11.6 Å². The first-order valence-corrected chi connectivity index (χ1v) is 6.58. The van der Waals surface area contributed by atoms with Gasteiger partial charge in [-0.2, -0.15) is 5.10 Å². The van der Waals surface area contributed by atoms with Crippen molar-refractivity contribution in [2.75, 3.05) is 6.54 Å². The number of amides is 1. The Morgan fingerprint density at radius 1 is 1.36 bits per heavy atom. The number of nitrogens with one attached hydrogen (secondary N) is 2. The highest BCUT2D eigenvalue weighted by molar-refractivity contribution is 5.94. The lowest BCUT2D eigenvalue weighted by molar-refractivity contribution is 0.0913. The van der Waals surface area contributed by atoms with Gasteiger partial charge in [0.1, 0.15) is 12.4 Å². The van der Waals surface area contributed by atoms with Crippen LogP contribution in [0, 0.1) is 0 Å². The van der Waals surface area contributed by atoms with Crippen molar-refractivity contribution in [2.45, 2.75) is 6.10 Å². The number of carbonyl (C=O) groups is 1. The molecule has 3 aromatic heterocycles. The first kappa shape index (κ1) is 14.0. The van der Waals surface area contributed by atoms with Crippen molar-refractivity contribution in [1.82, 2.24) is 24.9 Å². The predicted octanol–water partition coefficient (Wildman–Crippen LogP) is -0.119. The molecule has 112 valence electrons. The van der Waals surface area contributed by atoms with E-state index in [9.17, 15) is 14.7 Å². The van der Waals surface area contributed by atoms with Crippen molar-refractivity contribution < 1.29 is 9.90 Å². The van der Waals surface area contributed by atoms with Gasteiger partial charge in [0.05, 0.1) is 5.56 Å². The molecule has 0 bridgehead atoms. The van der Waals surface area contributed by atoms with E-state index in [2.05, 4.69) is 20.4 Å². The molecule has 8 heteroatoms. The number of hydrogen-bond donors (Lipinski definition) is 3. The Morgan fingerprint density at radius 3 is 3.05 bits per heavy atom. The first-order valence-electron chi connectivity index (χ1n) is 6.58. The molecule has 8 nitrogen and oxygen atoms in total. The molecule has 22 heavy (non-hydrogen) atoms. The molecule has 0 saturated carbocycles. The van der Waals surface area contributed by atoms with Gasteiger partial charge in [-0.15, -0.1) is 0 Å². The lowest BCUT2D eigenvalue weighted by Crippen LogP contribution is -2.29. The zero-order valence-corrected chi connectivity index (χ0v) is 11.4. The Kier molecular flexibility index (Phi) is 3.67. The minimum Gasteiger partial charge on any atom is -0.385 e. The summed E-state index contributed by atoms with van der Waals surface area (Å²) in [5.41, 5.74) is 1.07. The van der Waals surface area contributed by atoms with Crippen LogP contribution in [0.5, 0.6) is 0 Å². The average molecular weight is 299 g/mol. The summed E-state index contributed by atoms with van der Waals surface area (Å²) in [4.78, 5) is 29.7. The molecule has 3 aromatic rings. The van der Waals surface area contributed by atoms with E-state index in [-0.39, 0.29) is 18.0 Å². The topological polar surface area (TPSA) is 112 Å².